The van der Waals surface area contributed by atoms with Crippen LogP contribution >= 0.6 is 0 Å². The molecular weight excluding hydrogens is 237 g/mol. The first-order chi connectivity index (χ1) is 8.66. The first-order valence-electron chi connectivity index (χ1n) is 5.31. The third kappa shape index (κ3) is 2.85. The van der Waals surface area contributed by atoms with E-state index in [2.05, 4.69) is 10.3 Å². The van der Waals surface area contributed by atoms with Crippen LogP contribution in [0.3, 0.4) is 0 Å². The zero-order valence-corrected chi connectivity index (χ0v) is 9.76. The minimum Gasteiger partial charge on any atom is -0.467 e. The van der Waals surface area contributed by atoms with Gasteiger partial charge in [-0.3, -0.25) is 4.98 Å². The summed E-state index contributed by atoms with van der Waals surface area (Å²) in [7, 11) is 1.59. The molecule has 0 aliphatic carbocycles. The average molecular weight is 249 g/mol. The van der Waals surface area contributed by atoms with Crippen LogP contribution in [0.5, 0.6) is 0 Å². The van der Waals surface area contributed by atoms with Crippen molar-refractivity contribution in [2.75, 3.05) is 12.4 Å². The van der Waals surface area contributed by atoms with E-state index in [1.807, 2.05) is 0 Å². The minimum atomic E-state index is -0.572. The number of nitrogens with one attached hydrogen (secondary N) is 1. The summed E-state index contributed by atoms with van der Waals surface area (Å²) < 4.78 is 18.4. The number of hydrogen-bond donors (Lipinski definition) is 1. The molecule has 0 aliphatic heterocycles. The van der Waals surface area contributed by atoms with Gasteiger partial charge in [0.25, 0.3) is 0 Å². The highest BCUT2D eigenvalue weighted by molar-refractivity contribution is 5.89. The summed E-state index contributed by atoms with van der Waals surface area (Å²) in [6.45, 7) is 0.311. The highest BCUT2D eigenvalue weighted by Gasteiger charge is 2.12. The van der Waals surface area contributed by atoms with Gasteiger partial charge in [0.05, 0.1) is 24.7 Å². The Kier molecular flexibility index (Phi) is 3.57. The van der Waals surface area contributed by atoms with Crippen LogP contribution in [0.25, 0.3) is 0 Å². The summed E-state index contributed by atoms with van der Waals surface area (Å²) in [6.07, 6.45) is 3.98. The third-order valence-corrected chi connectivity index (χ3v) is 2.33. The van der Waals surface area contributed by atoms with Crippen molar-refractivity contribution in [3.63, 3.8) is 0 Å². The molecule has 0 radical (unpaired) electrons. The summed E-state index contributed by atoms with van der Waals surface area (Å²) in [6, 6.07) is 4.48. The quantitative estimate of drug-likeness (QED) is 0.909. The number of urea groups is 1. The average Bonchev–Trinajstić information content (AvgIpc) is 2.84. The van der Waals surface area contributed by atoms with Gasteiger partial charge in [0.1, 0.15) is 5.76 Å². The zero-order chi connectivity index (χ0) is 13.0. The predicted octanol–water partition coefficient (Wildman–Crippen LogP) is 2.48. The molecule has 0 aliphatic rings. The van der Waals surface area contributed by atoms with Gasteiger partial charge < -0.3 is 14.6 Å². The van der Waals surface area contributed by atoms with Crippen molar-refractivity contribution in [1.29, 1.82) is 0 Å². The molecule has 18 heavy (non-hydrogen) atoms. The maximum absolute atomic E-state index is 13.3. The second-order valence-corrected chi connectivity index (χ2v) is 3.72. The molecule has 0 atom stereocenters. The van der Waals surface area contributed by atoms with E-state index in [1.165, 1.54) is 23.4 Å². The first kappa shape index (κ1) is 12.1. The highest BCUT2D eigenvalue weighted by atomic mass is 19.1. The summed E-state index contributed by atoms with van der Waals surface area (Å²) in [5.41, 5.74) is 0.0984. The van der Waals surface area contributed by atoms with E-state index in [4.69, 9.17) is 4.42 Å². The number of anilines is 1. The van der Waals surface area contributed by atoms with Crippen molar-refractivity contribution in [2.24, 2.45) is 0 Å². The maximum Gasteiger partial charge on any atom is 0.322 e. The molecule has 0 spiro atoms. The van der Waals surface area contributed by atoms with E-state index in [9.17, 15) is 9.18 Å². The van der Waals surface area contributed by atoms with Gasteiger partial charge in [0.2, 0.25) is 0 Å². The molecular formula is C12H12FN3O2. The second kappa shape index (κ2) is 5.31. The summed E-state index contributed by atoms with van der Waals surface area (Å²) in [5, 5.41) is 2.45. The Bertz CT molecular complexity index is 528. The number of rotatable bonds is 3. The molecule has 0 saturated carbocycles. The molecule has 2 aromatic heterocycles. The fourth-order valence-corrected chi connectivity index (χ4v) is 1.40. The molecule has 2 heterocycles. The molecule has 2 amide bonds. The smallest absolute Gasteiger partial charge is 0.322 e. The second-order valence-electron chi connectivity index (χ2n) is 3.72. The normalized spacial score (nSPS) is 10.1. The summed E-state index contributed by atoms with van der Waals surface area (Å²) >= 11 is 0. The van der Waals surface area contributed by atoms with Gasteiger partial charge in [-0.05, 0) is 18.2 Å². The van der Waals surface area contributed by atoms with Gasteiger partial charge >= 0.3 is 6.03 Å². The Morgan fingerprint density at radius 3 is 3.06 bits per heavy atom. The number of hydrogen-bond acceptors (Lipinski definition) is 3. The van der Waals surface area contributed by atoms with Crippen LogP contribution in [-0.4, -0.2) is 23.0 Å². The van der Waals surface area contributed by atoms with Gasteiger partial charge in [-0.25, -0.2) is 9.18 Å². The van der Waals surface area contributed by atoms with E-state index >= 15 is 0 Å². The van der Waals surface area contributed by atoms with Gasteiger partial charge in [0.15, 0.2) is 5.82 Å². The van der Waals surface area contributed by atoms with Crippen LogP contribution in [0.4, 0.5) is 14.9 Å². The molecule has 0 saturated heterocycles. The number of aromatic nitrogens is 1. The van der Waals surface area contributed by atoms with Crippen molar-refractivity contribution < 1.29 is 13.6 Å². The molecule has 0 unspecified atom stereocenters. The number of carbonyl (C=O) groups excluding carboxylic acids is 1. The van der Waals surface area contributed by atoms with Crippen molar-refractivity contribution in [1.82, 2.24) is 9.88 Å². The van der Waals surface area contributed by atoms with Gasteiger partial charge in [0, 0.05) is 13.2 Å². The van der Waals surface area contributed by atoms with E-state index in [-0.39, 0.29) is 5.69 Å². The van der Waals surface area contributed by atoms with Crippen LogP contribution < -0.4 is 5.32 Å². The molecule has 5 nitrogen and oxygen atoms in total. The first-order valence-corrected chi connectivity index (χ1v) is 5.31. The lowest BCUT2D eigenvalue weighted by atomic mass is 10.4. The number of furan rings is 1. The number of nitrogens with zero attached hydrogens (tertiary/aromatic N) is 2. The Labute approximate surface area is 103 Å². The summed E-state index contributed by atoms with van der Waals surface area (Å²) in [4.78, 5) is 16.8. The Morgan fingerprint density at radius 2 is 2.39 bits per heavy atom. The fraction of sp³-hybridized carbons (Fsp3) is 0.167. The Balaban J connectivity index is 1.98. The molecule has 2 rings (SSSR count). The topological polar surface area (TPSA) is 58.4 Å². The highest BCUT2D eigenvalue weighted by Crippen LogP contribution is 2.12. The van der Waals surface area contributed by atoms with Crippen molar-refractivity contribution in [3.8, 4) is 0 Å². The standard InChI is InChI=1S/C12H12FN3O2/c1-16(8-9-3-2-6-18-9)12(17)15-11-4-5-14-7-10(11)13/h2-7H,8H2,1H3,(H,14,15,17). The van der Waals surface area contributed by atoms with E-state index < -0.39 is 11.8 Å². The number of pyridine rings is 1. The number of amides is 2. The third-order valence-electron chi connectivity index (χ3n) is 2.33. The largest absolute Gasteiger partial charge is 0.467 e. The van der Waals surface area contributed by atoms with Gasteiger partial charge in [-0.1, -0.05) is 0 Å². The fourth-order valence-electron chi connectivity index (χ4n) is 1.40. The molecule has 94 valence electrons. The SMILES string of the molecule is CN(Cc1ccco1)C(=O)Nc1ccncc1F. The lowest BCUT2D eigenvalue weighted by Crippen LogP contribution is -2.31. The molecule has 0 fully saturated rings. The maximum atomic E-state index is 13.3. The van der Waals surface area contributed by atoms with Gasteiger partial charge in [-0.15, -0.1) is 0 Å². The lowest BCUT2D eigenvalue weighted by molar-refractivity contribution is 0.216. The Morgan fingerprint density at radius 1 is 1.56 bits per heavy atom. The molecule has 0 aromatic carbocycles. The van der Waals surface area contributed by atoms with Crippen molar-refractivity contribution in [3.05, 3.63) is 48.4 Å². The predicted molar refractivity (Wildman–Crippen MR) is 63.4 cm³/mol. The van der Waals surface area contributed by atoms with E-state index in [0.29, 0.717) is 12.3 Å². The zero-order valence-electron chi connectivity index (χ0n) is 9.76. The van der Waals surface area contributed by atoms with Crippen LogP contribution in [0, 0.1) is 5.82 Å². The number of halogens is 1. The van der Waals surface area contributed by atoms with E-state index in [0.717, 1.165) is 6.20 Å². The summed E-state index contributed by atoms with van der Waals surface area (Å²) in [5.74, 6) is 0.0834. The molecule has 6 heteroatoms. The minimum absolute atomic E-state index is 0.0984. The molecule has 2 aromatic rings. The number of carbonyl (C=O) groups is 1. The molecule has 0 bridgehead atoms. The lowest BCUT2D eigenvalue weighted by Gasteiger charge is -2.16. The van der Waals surface area contributed by atoms with Crippen LogP contribution in [0.1, 0.15) is 5.76 Å². The van der Waals surface area contributed by atoms with Crippen molar-refractivity contribution in [2.45, 2.75) is 6.54 Å². The van der Waals surface area contributed by atoms with E-state index in [1.54, 1.807) is 19.2 Å². The van der Waals surface area contributed by atoms with Crippen molar-refractivity contribution >= 4 is 11.7 Å². The molecule has 1 N–H and O–H groups in total. The van der Waals surface area contributed by atoms with Crippen LogP contribution in [0.15, 0.2) is 41.3 Å². The van der Waals surface area contributed by atoms with Crippen LogP contribution in [-0.2, 0) is 6.54 Å². The van der Waals surface area contributed by atoms with Crippen LogP contribution in [0.2, 0.25) is 0 Å². The monoisotopic (exact) mass is 249 g/mol. The van der Waals surface area contributed by atoms with Gasteiger partial charge in [-0.2, -0.15) is 0 Å². The Hall–Kier alpha value is -2.37.